The van der Waals surface area contributed by atoms with E-state index in [0.717, 1.165) is 0 Å². The summed E-state index contributed by atoms with van der Waals surface area (Å²) in [5, 5.41) is 5.26. The van der Waals surface area contributed by atoms with E-state index in [1.807, 2.05) is 0 Å². The third-order valence-electron chi connectivity index (χ3n) is 4.07. The van der Waals surface area contributed by atoms with Crippen LogP contribution in [0.15, 0.2) is 71.3 Å². The summed E-state index contributed by atoms with van der Waals surface area (Å²) in [5.74, 6) is -1.10. The molecule has 0 saturated heterocycles. The molecule has 8 heteroatoms. The third kappa shape index (κ3) is 5.41. The lowest BCUT2D eigenvalue weighted by Gasteiger charge is -2.11. The van der Waals surface area contributed by atoms with E-state index in [2.05, 4.69) is 10.6 Å². The van der Waals surface area contributed by atoms with E-state index in [0.29, 0.717) is 17.6 Å². The summed E-state index contributed by atoms with van der Waals surface area (Å²) >= 11 is 0. The summed E-state index contributed by atoms with van der Waals surface area (Å²) < 4.78 is 10.1. The van der Waals surface area contributed by atoms with Gasteiger partial charge in [-0.05, 0) is 36.4 Å². The lowest BCUT2D eigenvalue weighted by atomic mass is 10.1. The normalized spacial score (nSPS) is 10.1. The summed E-state index contributed by atoms with van der Waals surface area (Å²) in [7, 11) is 0. The minimum Gasteiger partial charge on any atom is -0.467 e. The smallest absolute Gasteiger partial charge is 0.338 e. The van der Waals surface area contributed by atoms with Crippen LogP contribution in [-0.2, 0) is 16.1 Å². The zero-order chi connectivity index (χ0) is 21.3. The number of aldehydes is 1. The first-order valence-corrected chi connectivity index (χ1v) is 8.98. The fourth-order valence-corrected chi connectivity index (χ4v) is 2.56. The first kappa shape index (κ1) is 20.5. The van der Waals surface area contributed by atoms with Crippen LogP contribution in [0.5, 0.6) is 0 Å². The number of anilines is 1. The molecule has 0 aliphatic heterocycles. The van der Waals surface area contributed by atoms with Crippen molar-refractivity contribution in [2.75, 3.05) is 11.9 Å². The number of rotatable bonds is 8. The highest BCUT2D eigenvalue weighted by atomic mass is 16.5. The average molecular weight is 406 g/mol. The van der Waals surface area contributed by atoms with Crippen LogP contribution in [0.2, 0.25) is 0 Å². The average Bonchev–Trinajstić information content (AvgIpc) is 3.30. The molecule has 0 unspecified atom stereocenters. The van der Waals surface area contributed by atoms with Gasteiger partial charge in [0.05, 0.1) is 29.6 Å². The molecule has 2 amide bonds. The molecule has 152 valence electrons. The topological polar surface area (TPSA) is 115 Å². The molecule has 0 radical (unpaired) electrons. The highest BCUT2D eigenvalue weighted by molar-refractivity contribution is 6.04. The second-order valence-corrected chi connectivity index (χ2v) is 6.17. The second-order valence-electron chi connectivity index (χ2n) is 6.17. The molecule has 2 N–H and O–H groups in total. The molecule has 0 saturated carbocycles. The van der Waals surface area contributed by atoms with Crippen molar-refractivity contribution in [3.63, 3.8) is 0 Å². The maximum atomic E-state index is 12.4. The Labute approximate surface area is 171 Å². The van der Waals surface area contributed by atoms with Crippen molar-refractivity contribution in [3.8, 4) is 0 Å². The number of hydrogen-bond donors (Lipinski definition) is 2. The number of carbonyl (C=O) groups excluding carboxylic acids is 4. The standard InChI is InChI=1S/C22H18N2O6/c25-13-15-7-9-16(10-8-15)22(28)30-14-20(26)24-19-6-2-1-5-18(19)21(27)23-12-17-4-3-11-29-17/h1-11,13H,12,14H2,(H,23,27)(H,24,26). The van der Waals surface area contributed by atoms with Crippen LogP contribution >= 0.6 is 0 Å². The van der Waals surface area contributed by atoms with Gasteiger partial charge in [0.2, 0.25) is 0 Å². The number of para-hydroxylation sites is 1. The van der Waals surface area contributed by atoms with E-state index < -0.39 is 24.4 Å². The van der Waals surface area contributed by atoms with Gasteiger partial charge in [-0.3, -0.25) is 14.4 Å². The van der Waals surface area contributed by atoms with Gasteiger partial charge in [0.1, 0.15) is 12.0 Å². The first-order valence-electron chi connectivity index (χ1n) is 8.98. The Bertz CT molecular complexity index is 1040. The van der Waals surface area contributed by atoms with E-state index in [1.165, 1.54) is 30.5 Å². The summed E-state index contributed by atoms with van der Waals surface area (Å²) in [5.41, 5.74) is 1.18. The number of amides is 2. The van der Waals surface area contributed by atoms with Gasteiger partial charge in [0.25, 0.3) is 11.8 Å². The van der Waals surface area contributed by atoms with Gasteiger partial charge in [-0.1, -0.05) is 24.3 Å². The molecule has 0 aliphatic rings. The zero-order valence-corrected chi connectivity index (χ0v) is 15.8. The summed E-state index contributed by atoms with van der Waals surface area (Å²) in [6, 6.07) is 15.7. The number of nitrogens with one attached hydrogen (secondary N) is 2. The van der Waals surface area contributed by atoms with Crippen LogP contribution < -0.4 is 10.6 Å². The lowest BCUT2D eigenvalue weighted by molar-refractivity contribution is -0.119. The second kappa shape index (κ2) is 9.83. The molecule has 0 fully saturated rings. The molecule has 30 heavy (non-hydrogen) atoms. The maximum absolute atomic E-state index is 12.4. The molecule has 0 aliphatic carbocycles. The molecule has 0 spiro atoms. The monoisotopic (exact) mass is 406 g/mol. The Hall–Kier alpha value is -4.20. The highest BCUT2D eigenvalue weighted by Crippen LogP contribution is 2.15. The van der Waals surface area contributed by atoms with Crippen molar-refractivity contribution in [1.29, 1.82) is 0 Å². The van der Waals surface area contributed by atoms with Gasteiger partial charge in [-0.15, -0.1) is 0 Å². The molecule has 2 aromatic carbocycles. The SMILES string of the molecule is O=Cc1ccc(C(=O)OCC(=O)Nc2ccccc2C(=O)NCc2ccco2)cc1. The summed E-state index contributed by atoms with van der Waals surface area (Å²) in [6.07, 6.45) is 2.17. The number of carbonyl (C=O) groups is 4. The van der Waals surface area contributed by atoms with Crippen molar-refractivity contribution in [1.82, 2.24) is 5.32 Å². The molecule has 3 aromatic rings. The van der Waals surface area contributed by atoms with Crippen molar-refractivity contribution in [2.45, 2.75) is 6.54 Å². The van der Waals surface area contributed by atoms with Crippen molar-refractivity contribution in [3.05, 3.63) is 89.4 Å². The van der Waals surface area contributed by atoms with E-state index in [9.17, 15) is 19.2 Å². The van der Waals surface area contributed by atoms with Crippen LogP contribution in [0.3, 0.4) is 0 Å². The van der Waals surface area contributed by atoms with Crippen molar-refractivity contribution in [2.24, 2.45) is 0 Å². The van der Waals surface area contributed by atoms with Crippen LogP contribution in [0.1, 0.15) is 36.8 Å². The van der Waals surface area contributed by atoms with Gasteiger partial charge in [0.15, 0.2) is 6.61 Å². The van der Waals surface area contributed by atoms with E-state index in [4.69, 9.17) is 9.15 Å². The number of hydrogen-bond acceptors (Lipinski definition) is 6. The Morgan fingerprint density at radius 3 is 2.43 bits per heavy atom. The maximum Gasteiger partial charge on any atom is 0.338 e. The first-order chi connectivity index (χ1) is 14.6. The van der Waals surface area contributed by atoms with Gasteiger partial charge < -0.3 is 19.8 Å². The van der Waals surface area contributed by atoms with E-state index in [-0.39, 0.29) is 23.4 Å². The number of furan rings is 1. The quantitative estimate of drug-likeness (QED) is 0.439. The highest BCUT2D eigenvalue weighted by Gasteiger charge is 2.15. The zero-order valence-electron chi connectivity index (χ0n) is 15.8. The van der Waals surface area contributed by atoms with Crippen LogP contribution in [0.25, 0.3) is 0 Å². The fraction of sp³-hybridized carbons (Fsp3) is 0.0909. The number of benzene rings is 2. The minimum absolute atomic E-state index is 0.203. The van der Waals surface area contributed by atoms with E-state index in [1.54, 1.807) is 36.4 Å². The Morgan fingerprint density at radius 2 is 1.73 bits per heavy atom. The van der Waals surface area contributed by atoms with Gasteiger partial charge >= 0.3 is 5.97 Å². The molecule has 1 heterocycles. The Balaban J connectivity index is 1.56. The molecular weight excluding hydrogens is 388 g/mol. The predicted octanol–water partition coefficient (Wildman–Crippen LogP) is 2.82. The van der Waals surface area contributed by atoms with Crippen molar-refractivity contribution >= 4 is 29.8 Å². The number of esters is 1. The molecule has 3 rings (SSSR count). The Morgan fingerprint density at radius 1 is 0.967 bits per heavy atom. The molecule has 0 atom stereocenters. The van der Waals surface area contributed by atoms with Gasteiger partial charge in [-0.2, -0.15) is 0 Å². The Kier molecular flexibility index (Phi) is 6.73. The van der Waals surface area contributed by atoms with Gasteiger partial charge in [-0.25, -0.2) is 4.79 Å². The number of ether oxygens (including phenoxy) is 1. The van der Waals surface area contributed by atoms with Crippen LogP contribution in [-0.4, -0.2) is 30.7 Å². The van der Waals surface area contributed by atoms with Gasteiger partial charge in [0, 0.05) is 5.56 Å². The molecule has 8 nitrogen and oxygen atoms in total. The van der Waals surface area contributed by atoms with Crippen LogP contribution in [0.4, 0.5) is 5.69 Å². The minimum atomic E-state index is -0.702. The summed E-state index contributed by atoms with van der Waals surface area (Å²) in [4.78, 5) is 47.3. The van der Waals surface area contributed by atoms with Crippen molar-refractivity contribution < 1.29 is 28.3 Å². The largest absolute Gasteiger partial charge is 0.467 e. The molecule has 1 aromatic heterocycles. The lowest BCUT2D eigenvalue weighted by Crippen LogP contribution is -2.26. The fourth-order valence-electron chi connectivity index (χ4n) is 2.56. The molecule has 0 bridgehead atoms. The predicted molar refractivity (Wildman–Crippen MR) is 107 cm³/mol. The third-order valence-corrected chi connectivity index (χ3v) is 4.07. The van der Waals surface area contributed by atoms with Crippen LogP contribution in [0, 0.1) is 0 Å². The summed E-state index contributed by atoms with van der Waals surface area (Å²) in [6.45, 7) is -0.328. The molecular formula is C22H18N2O6. The van der Waals surface area contributed by atoms with E-state index >= 15 is 0 Å².